The number of rotatable bonds is 6. The van der Waals surface area contributed by atoms with Gasteiger partial charge < -0.3 is 25.0 Å². The quantitative estimate of drug-likeness (QED) is 0.375. The molecule has 6 atom stereocenters. The first-order valence-corrected chi connectivity index (χ1v) is 14.8. The number of anilines is 2. The van der Waals surface area contributed by atoms with Crippen molar-refractivity contribution in [2.75, 3.05) is 30.4 Å². The number of piperidine rings is 1. The third-order valence-electron chi connectivity index (χ3n) is 9.04. The van der Waals surface area contributed by atoms with Gasteiger partial charge in [0.1, 0.15) is 17.1 Å². The van der Waals surface area contributed by atoms with Crippen LogP contribution in [0.1, 0.15) is 41.6 Å². The molecular weight excluding hydrogens is 576 g/mol. The fourth-order valence-electron chi connectivity index (χ4n) is 7.14. The Kier molecular flexibility index (Phi) is 6.57. The van der Waals surface area contributed by atoms with Crippen molar-refractivity contribution in [3.05, 3.63) is 47.3 Å². The Morgan fingerprint density at radius 1 is 1.10 bits per heavy atom. The third-order valence-corrected chi connectivity index (χ3v) is 10.2. The second-order valence-electron chi connectivity index (χ2n) is 11.5. The molecule has 2 amide bonds. The zero-order chi connectivity index (χ0) is 29.3. The maximum Gasteiger partial charge on any atom is 0.419 e. The Balaban J connectivity index is 1.14. The van der Waals surface area contributed by atoms with Crippen molar-refractivity contribution in [1.82, 2.24) is 10.3 Å². The van der Waals surface area contributed by atoms with Crippen molar-refractivity contribution in [2.45, 2.75) is 50.1 Å². The minimum Gasteiger partial charge on any atom is -0.496 e. The summed E-state index contributed by atoms with van der Waals surface area (Å²) < 4.78 is 65.5. The highest BCUT2D eigenvalue weighted by Crippen LogP contribution is 2.49. The normalized spacial score (nSPS) is 28.1. The Hall–Kier alpha value is -3.45. The first kappa shape index (κ1) is 27.4. The molecule has 3 aromatic rings. The standard InChI is InChI=1S/C29H28F4N4O4S/c1-40-21-7-6-20-25(42-28(35-20)37-11-16-10-17(12-37)41-16)23(21)27(39)36-24-14-3-2-13(8-14)22(24)26(38)34-15-4-5-19(30)18(9-15)29(31,32)33/h4-7,9,13-14,16-17,22,24H,2-3,8,10-12H2,1H3,(H,34,38)(H,36,39)/t13-,14+,16?,17?,22+,24-/m1/s1. The molecule has 4 bridgehead atoms. The van der Waals surface area contributed by atoms with Crippen LogP contribution in [0.25, 0.3) is 10.2 Å². The van der Waals surface area contributed by atoms with E-state index >= 15 is 0 Å². The van der Waals surface area contributed by atoms with Crippen LogP contribution in [-0.2, 0) is 15.7 Å². The third kappa shape index (κ3) is 4.66. The maximum atomic E-state index is 13.9. The molecule has 2 unspecified atom stereocenters. The van der Waals surface area contributed by atoms with Crippen molar-refractivity contribution in [1.29, 1.82) is 0 Å². The highest BCUT2D eigenvalue weighted by molar-refractivity contribution is 7.22. The smallest absolute Gasteiger partial charge is 0.419 e. The SMILES string of the molecule is COc1ccc2nc(N3CC4CC(C3)O4)sc2c1C(=O)N[C@@H]1[C@H]2CC[C@H](C2)[C@@H]1C(=O)Nc1ccc(F)c(C(F)(F)F)c1. The molecule has 5 fully saturated rings. The van der Waals surface area contributed by atoms with Crippen molar-refractivity contribution < 1.29 is 36.6 Å². The number of fused-ring (bicyclic) bond motifs is 5. The molecule has 0 spiro atoms. The van der Waals surface area contributed by atoms with Gasteiger partial charge >= 0.3 is 6.18 Å². The van der Waals surface area contributed by atoms with E-state index < -0.39 is 41.3 Å². The van der Waals surface area contributed by atoms with Crippen LogP contribution in [0.5, 0.6) is 5.75 Å². The van der Waals surface area contributed by atoms with Crippen molar-refractivity contribution in [3.63, 3.8) is 0 Å². The second-order valence-corrected chi connectivity index (χ2v) is 12.5. The fraction of sp³-hybridized carbons (Fsp3) is 0.483. The van der Waals surface area contributed by atoms with Gasteiger partial charge in [-0.2, -0.15) is 13.2 Å². The van der Waals surface area contributed by atoms with E-state index in [0.717, 1.165) is 50.0 Å². The lowest BCUT2D eigenvalue weighted by Gasteiger charge is -2.46. The largest absolute Gasteiger partial charge is 0.496 e. The molecule has 8 rings (SSSR count). The summed E-state index contributed by atoms with van der Waals surface area (Å²) >= 11 is 1.41. The van der Waals surface area contributed by atoms with Gasteiger partial charge in [0.05, 0.1) is 41.0 Å². The molecule has 1 aromatic heterocycles. The lowest BCUT2D eigenvalue weighted by atomic mass is 9.83. The number of hydrogen-bond donors (Lipinski definition) is 2. The Bertz CT molecular complexity index is 1560. The lowest BCUT2D eigenvalue weighted by Crippen LogP contribution is -2.57. The van der Waals surface area contributed by atoms with E-state index in [9.17, 15) is 27.2 Å². The average Bonchev–Trinajstić information content (AvgIpc) is 3.67. The summed E-state index contributed by atoms with van der Waals surface area (Å²) in [4.78, 5) is 34.3. The summed E-state index contributed by atoms with van der Waals surface area (Å²) in [6.07, 6.45) is -1.11. The molecule has 42 heavy (non-hydrogen) atoms. The topological polar surface area (TPSA) is 92.8 Å². The van der Waals surface area contributed by atoms with Crippen LogP contribution >= 0.6 is 11.3 Å². The van der Waals surface area contributed by atoms with Gasteiger partial charge in [0.15, 0.2) is 5.13 Å². The van der Waals surface area contributed by atoms with Gasteiger partial charge in [-0.3, -0.25) is 9.59 Å². The highest BCUT2D eigenvalue weighted by atomic mass is 32.1. The molecule has 222 valence electrons. The zero-order valence-corrected chi connectivity index (χ0v) is 23.4. The van der Waals surface area contributed by atoms with Gasteiger partial charge in [0.25, 0.3) is 5.91 Å². The fourth-order valence-corrected chi connectivity index (χ4v) is 8.26. The number of alkyl halides is 3. The predicted molar refractivity (Wildman–Crippen MR) is 147 cm³/mol. The molecule has 13 heteroatoms. The number of nitrogens with zero attached hydrogens (tertiary/aromatic N) is 2. The number of nitrogens with one attached hydrogen (secondary N) is 2. The van der Waals surface area contributed by atoms with Crippen LogP contribution in [0, 0.1) is 23.6 Å². The van der Waals surface area contributed by atoms with Gasteiger partial charge in [0.2, 0.25) is 5.91 Å². The monoisotopic (exact) mass is 604 g/mol. The Morgan fingerprint density at radius 3 is 2.55 bits per heavy atom. The summed E-state index contributed by atoms with van der Waals surface area (Å²) in [7, 11) is 1.49. The summed E-state index contributed by atoms with van der Waals surface area (Å²) in [5.41, 5.74) is -0.588. The average molecular weight is 605 g/mol. The van der Waals surface area contributed by atoms with Gasteiger partial charge in [-0.15, -0.1) is 0 Å². The molecular formula is C29H28F4N4O4S. The van der Waals surface area contributed by atoms with Crippen LogP contribution in [0.15, 0.2) is 30.3 Å². The zero-order valence-electron chi connectivity index (χ0n) is 22.5. The summed E-state index contributed by atoms with van der Waals surface area (Å²) in [6.45, 7) is 1.49. The second kappa shape index (κ2) is 10.1. The predicted octanol–water partition coefficient (Wildman–Crippen LogP) is 5.22. The number of morpholine rings is 1. The van der Waals surface area contributed by atoms with E-state index in [4.69, 9.17) is 14.5 Å². The van der Waals surface area contributed by atoms with E-state index in [2.05, 4.69) is 15.5 Å². The molecule has 4 heterocycles. The maximum absolute atomic E-state index is 13.9. The van der Waals surface area contributed by atoms with Crippen LogP contribution in [0.3, 0.4) is 0 Å². The van der Waals surface area contributed by atoms with Gasteiger partial charge in [-0.1, -0.05) is 11.3 Å². The first-order valence-electron chi connectivity index (χ1n) is 14.0. The summed E-state index contributed by atoms with van der Waals surface area (Å²) in [5, 5.41) is 6.43. The number of halogens is 4. The molecule has 2 aromatic carbocycles. The molecule has 0 radical (unpaired) electrons. The van der Waals surface area contributed by atoms with Crippen molar-refractivity contribution in [2.24, 2.45) is 17.8 Å². The van der Waals surface area contributed by atoms with Crippen LogP contribution in [0.2, 0.25) is 0 Å². The minimum atomic E-state index is -4.90. The number of carbonyl (C=O) groups is 2. The minimum absolute atomic E-state index is 0.0247. The van der Waals surface area contributed by atoms with Gasteiger partial charge in [-0.25, -0.2) is 9.37 Å². The van der Waals surface area contributed by atoms with Crippen LogP contribution < -0.4 is 20.3 Å². The number of thiazole rings is 1. The lowest BCUT2D eigenvalue weighted by molar-refractivity contribution is -0.140. The number of amides is 2. The van der Waals surface area contributed by atoms with Crippen molar-refractivity contribution >= 4 is 44.2 Å². The van der Waals surface area contributed by atoms with E-state index in [0.29, 0.717) is 33.7 Å². The van der Waals surface area contributed by atoms with Crippen LogP contribution in [0.4, 0.5) is 28.4 Å². The summed E-state index contributed by atoms with van der Waals surface area (Å²) in [6, 6.07) is 5.40. The molecule has 2 N–H and O–H groups in total. The number of methoxy groups -OCH3 is 1. The Morgan fingerprint density at radius 2 is 1.83 bits per heavy atom. The van der Waals surface area contributed by atoms with Gasteiger partial charge in [0, 0.05) is 31.2 Å². The molecule has 2 aliphatic carbocycles. The number of benzene rings is 2. The van der Waals surface area contributed by atoms with Gasteiger partial charge in [-0.05, 0) is 61.4 Å². The molecule has 8 nitrogen and oxygen atoms in total. The highest BCUT2D eigenvalue weighted by Gasteiger charge is 2.51. The van der Waals surface area contributed by atoms with E-state index in [1.54, 1.807) is 6.07 Å². The number of ether oxygens (including phenoxy) is 2. The number of hydrogen-bond acceptors (Lipinski definition) is 7. The van der Waals surface area contributed by atoms with Crippen molar-refractivity contribution in [3.8, 4) is 5.75 Å². The Labute approximate surface area is 242 Å². The molecule has 3 aliphatic heterocycles. The van der Waals surface area contributed by atoms with E-state index in [1.165, 1.54) is 18.4 Å². The van der Waals surface area contributed by atoms with E-state index in [1.807, 2.05) is 6.07 Å². The van der Waals surface area contributed by atoms with E-state index in [-0.39, 0.29) is 29.7 Å². The van der Waals surface area contributed by atoms with Crippen LogP contribution in [-0.4, -0.2) is 55.2 Å². The number of aromatic nitrogens is 1. The first-order chi connectivity index (χ1) is 20.1. The number of carbonyl (C=O) groups excluding carboxylic acids is 2. The molecule has 2 saturated carbocycles. The summed E-state index contributed by atoms with van der Waals surface area (Å²) in [5.74, 6) is -2.54. The molecule has 5 aliphatic rings. The molecule has 3 saturated heterocycles.